The van der Waals surface area contributed by atoms with Gasteiger partial charge in [-0.3, -0.25) is 9.59 Å². The predicted molar refractivity (Wildman–Crippen MR) is 115 cm³/mol. The van der Waals surface area contributed by atoms with Crippen molar-refractivity contribution in [2.45, 2.75) is 20.1 Å². The second-order valence-electron chi connectivity index (χ2n) is 6.28. The van der Waals surface area contributed by atoms with E-state index in [1.165, 1.54) is 0 Å². The fourth-order valence-corrected chi connectivity index (χ4v) is 2.26. The Morgan fingerprint density at radius 3 is 2.80 bits per heavy atom. The van der Waals surface area contributed by atoms with Crippen LogP contribution in [-0.4, -0.2) is 70.6 Å². The van der Waals surface area contributed by atoms with E-state index in [0.29, 0.717) is 24.4 Å². The van der Waals surface area contributed by atoms with Crippen LogP contribution in [0.4, 0.5) is 0 Å². The van der Waals surface area contributed by atoms with Crippen LogP contribution in [0.2, 0.25) is 0 Å². The van der Waals surface area contributed by atoms with Gasteiger partial charge < -0.3 is 35.9 Å². The van der Waals surface area contributed by atoms with E-state index in [9.17, 15) is 9.59 Å². The van der Waals surface area contributed by atoms with Crippen molar-refractivity contribution in [3.05, 3.63) is 42.0 Å². The van der Waals surface area contributed by atoms with Crippen LogP contribution < -0.4 is 26.4 Å². The normalized spacial score (nSPS) is 12.0. The molecule has 0 fully saturated rings. The first kappa shape index (κ1) is 25.6. The molecule has 1 unspecified atom stereocenters. The molecule has 1 aromatic carbocycles. The average molecular weight is 423 g/mol. The van der Waals surface area contributed by atoms with Crippen LogP contribution in [0.5, 0.6) is 5.75 Å². The SMILES string of the molecule is C/C=C/CNC(=O)COCCOC(N)COc1cccc(C(=O)NCCNCC)c1. The third-order valence-corrected chi connectivity index (χ3v) is 3.79. The highest BCUT2D eigenvalue weighted by atomic mass is 16.6. The quantitative estimate of drug-likeness (QED) is 0.173. The number of rotatable bonds is 16. The Morgan fingerprint density at radius 2 is 2.03 bits per heavy atom. The first-order valence-electron chi connectivity index (χ1n) is 10.1. The van der Waals surface area contributed by atoms with E-state index >= 15 is 0 Å². The molecule has 1 aromatic rings. The number of hydrogen-bond acceptors (Lipinski definition) is 7. The van der Waals surface area contributed by atoms with Crippen LogP contribution in [0.15, 0.2) is 36.4 Å². The maximum absolute atomic E-state index is 12.1. The van der Waals surface area contributed by atoms with Gasteiger partial charge in [0.15, 0.2) is 0 Å². The molecule has 0 spiro atoms. The Balaban J connectivity index is 2.21. The third-order valence-electron chi connectivity index (χ3n) is 3.79. The lowest BCUT2D eigenvalue weighted by Gasteiger charge is -2.15. The van der Waals surface area contributed by atoms with Gasteiger partial charge in [0.05, 0.1) is 13.2 Å². The van der Waals surface area contributed by atoms with Gasteiger partial charge >= 0.3 is 0 Å². The Labute approximate surface area is 178 Å². The molecular weight excluding hydrogens is 388 g/mol. The molecule has 1 rings (SSSR count). The summed E-state index contributed by atoms with van der Waals surface area (Å²) in [6.45, 7) is 7.07. The zero-order chi connectivity index (χ0) is 22.0. The molecule has 2 amide bonds. The monoisotopic (exact) mass is 422 g/mol. The van der Waals surface area contributed by atoms with Crippen molar-refractivity contribution in [3.63, 3.8) is 0 Å². The molecule has 0 radical (unpaired) electrons. The van der Waals surface area contributed by atoms with Crippen molar-refractivity contribution < 1.29 is 23.8 Å². The van der Waals surface area contributed by atoms with Crippen LogP contribution in [0, 0.1) is 0 Å². The Hall–Kier alpha value is -2.46. The fourth-order valence-electron chi connectivity index (χ4n) is 2.26. The number of carbonyl (C=O) groups is 2. The van der Waals surface area contributed by atoms with Crippen LogP contribution in [0.1, 0.15) is 24.2 Å². The van der Waals surface area contributed by atoms with E-state index in [-0.39, 0.29) is 38.2 Å². The van der Waals surface area contributed by atoms with Crippen molar-refractivity contribution in [1.82, 2.24) is 16.0 Å². The number of hydrogen-bond donors (Lipinski definition) is 4. The van der Waals surface area contributed by atoms with Crippen LogP contribution >= 0.6 is 0 Å². The predicted octanol–water partition coefficient (Wildman–Crippen LogP) is 0.415. The summed E-state index contributed by atoms with van der Waals surface area (Å²) in [6.07, 6.45) is 3.04. The Bertz CT molecular complexity index is 654. The number of nitrogens with two attached hydrogens (primary N) is 1. The molecule has 1 atom stereocenters. The highest BCUT2D eigenvalue weighted by Gasteiger charge is 2.08. The molecule has 30 heavy (non-hydrogen) atoms. The van der Waals surface area contributed by atoms with E-state index in [0.717, 1.165) is 13.1 Å². The van der Waals surface area contributed by atoms with Gasteiger partial charge in [-0.2, -0.15) is 0 Å². The number of carbonyl (C=O) groups excluding carboxylic acids is 2. The lowest BCUT2D eigenvalue weighted by atomic mass is 10.2. The summed E-state index contributed by atoms with van der Waals surface area (Å²) in [6, 6.07) is 6.87. The van der Waals surface area contributed by atoms with E-state index in [2.05, 4.69) is 16.0 Å². The van der Waals surface area contributed by atoms with Gasteiger partial charge in [-0.15, -0.1) is 0 Å². The molecule has 0 bridgehead atoms. The Kier molecular flexibility index (Phi) is 13.9. The number of allylic oxidation sites excluding steroid dienone is 1. The molecule has 9 heteroatoms. The molecule has 9 nitrogen and oxygen atoms in total. The lowest BCUT2D eigenvalue weighted by molar-refractivity contribution is -0.126. The smallest absolute Gasteiger partial charge is 0.251 e. The van der Waals surface area contributed by atoms with Gasteiger partial charge in [0, 0.05) is 25.2 Å². The number of nitrogens with one attached hydrogen (secondary N) is 3. The van der Waals surface area contributed by atoms with Gasteiger partial charge in [-0.05, 0) is 31.7 Å². The Morgan fingerprint density at radius 1 is 1.20 bits per heavy atom. The van der Waals surface area contributed by atoms with Gasteiger partial charge in [0.2, 0.25) is 5.91 Å². The van der Waals surface area contributed by atoms with E-state index < -0.39 is 6.23 Å². The largest absolute Gasteiger partial charge is 0.489 e. The summed E-state index contributed by atoms with van der Waals surface area (Å²) in [7, 11) is 0. The summed E-state index contributed by atoms with van der Waals surface area (Å²) in [5, 5.41) is 8.66. The minimum atomic E-state index is -0.658. The number of benzene rings is 1. The lowest BCUT2D eigenvalue weighted by Crippen LogP contribution is -2.33. The topological polar surface area (TPSA) is 124 Å². The molecule has 0 heterocycles. The van der Waals surface area contributed by atoms with Gasteiger partial charge in [0.1, 0.15) is 25.2 Å². The number of amides is 2. The molecule has 0 aliphatic carbocycles. The van der Waals surface area contributed by atoms with Crippen LogP contribution in [-0.2, 0) is 14.3 Å². The number of ether oxygens (including phenoxy) is 3. The maximum Gasteiger partial charge on any atom is 0.251 e. The molecule has 0 aliphatic heterocycles. The molecule has 0 aromatic heterocycles. The van der Waals surface area contributed by atoms with E-state index in [1.54, 1.807) is 24.3 Å². The highest BCUT2D eigenvalue weighted by Crippen LogP contribution is 2.13. The zero-order valence-corrected chi connectivity index (χ0v) is 17.8. The first-order chi connectivity index (χ1) is 14.6. The summed E-state index contributed by atoms with van der Waals surface area (Å²) < 4.78 is 16.2. The number of likely N-dealkylation sites (N-methyl/N-ethyl adjacent to an activating group) is 1. The van der Waals surface area contributed by atoms with E-state index in [4.69, 9.17) is 19.9 Å². The molecule has 0 aliphatic rings. The second-order valence-corrected chi connectivity index (χ2v) is 6.28. The van der Waals surface area contributed by atoms with Gasteiger partial charge in [0.25, 0.3) is 5.91 Å². The molecule has 5 N–H and O–H groups in total. The first-order valence-corrected chi connectivity index (χ1v) is 10.1. The van der Waals surface area contributed by atoms with Crippen molar-refractivity contribution in [1.29, 1.82) is 0 Å². The molecule has 0 saturated carbocycles. The fraction of sp³-hybridized carbons (Fsp3) is 0.524. The second kappa shape index (κ2) is 16.3. The summed E-state index contributed by atoms with van der Waals surface area (Å²) >= 11 is 0. The van der Waals surface area contributed by atoms with E-state index in [1.807, 2.05) is 26.0 Å². The standard InChI is InChI=1S/C21H34N4O5/c1-3-5-9-24-20(26)16-28-12-13-29-19(22)15-30-18-8-6-7-17(14-18)21(27)25-11-10-23-4-2/h3,5-8,14,19,23H,4,9-13,15-16,22H2,1-2H3,(H,24,26)(H,25,27)/b5-3+. The van der Waals surface area contributed by atoms with Crippen molar-refractivity contribution in [2.24, 2.45) is 5.73 Å². The van der Waals surface area contributed by atoms with Crippen molar-refractivity contribution in [3.8, 4) is 5.75 Å². The van der Waals surface area contributed by atoms with Crippen molar-refractivity contribution in [2.75, 3.05) is 52.6 Å². The summed E-state index contributed by atoms with van der Waals surface area (Å²) in [5.41, 5.74) is 6.37. The highest BCUT2D eigenvalue weighted by molar-refractivity contribution is 5.94. The summed E-state index contributed by atoms with van der Waals surface area (Å²) in [5.74, 6) is 0.180. The minimum absolute atomic E-state index is 0.0317. The van der Waals surface area contributed by atoms with Crippen LogP contribution in [0.3, 0.4) is 0 Å². The molecular formula is C21H34N4O5. The summed E-state index contributed by atoms with van der Waals surface area (Å²) in [4.78, 5) is 23.6. The minimum Gasteiger partial charge on any atom is -0.489 e. The van der Waals surface area contributed by atoms with Crippen molar-refractivity contribution >= 4 is 11.8 Å². The van der Waals surface area contributed by atoms with Gasteiger partial charge in [-0.1, -0.05) is 25.1 Å². The maximum atomic E-state index is 12.1. The average Bonchev–Trinajstić information content (AvgIpc) is 2.75. The zero-order valence-electron chi connectivity index (χ0n) is 17.8. The third kappa shape index (κ3) is 12.2. The van der Waals surface area contributed by atoms with Crippen LogP contribution in [0.25, 0.3) is 0 Å². The van der Waals surface area contributed by atoms with Gasteiger partial charge in [-0.25, -0.2) is 0 Å². The molecule has 0 saturated heterocycles. The molecule has 168 valence electrons.